The summed E-state index contributed by atoms with van der Waals surface area (Å²) >= 11 is 0. The van der Waals surface area contributed by atoms with E-state index in [1.807, 2.05) is 0 Å². The second-order valence-electron chi connectivity index (χ2n) is 10.1. The van der Waals surface area contributed by atoms with Gasteiger partial charge in [0.1, 0.15) is 11.4 Å². The number of fused-ring (bicyclic) bond motifs is 1. The first-order valence-electron chi connectivity index (χ1n) is 13.1. The number of halogens is 1. The van der Waals surface area contributed by atoms with Crippen molar-refractivity contribution in [2.75, 3.05) is 31.1 Å². The van der Waals surface area contributed by atoms with Crippen LogP contribution in [0.4, 0.5) is 10.1 Å². The normalized spacial score (nSPS) is 15.2. The average Bonchev–Trinajstić information content (AvgIpc) is 3.78. The number of piperazine rings is 1. The van der Waals surface area contributed by atoms with Crippen LogP contribution in [0.3, 0.4) is 0 Å². The van der Waals surface area contributed by atoms with Crippen molar-refractivity contribution < 1.29 is 34.2 Å². The zero-order chi connectivity index (χ0) is 29.4. The number of rotatable bonds is 8. The molecule has 2 fully saturated rings. The largest absolute Gasteiger partial charge is 0.503 e. The van der Waals surface area contributed by atoms with Crippen LogP contribution >= 0.6 is 0 Å². The van der Waals surface area contributed by atoms with Crippen molar-refractivity contribution in [2.45, 2.75) is 38.3 Å². The molecule has 0 radical (unpaired) electrons. The Morgan fingerprint density at radius 3 is 2.37 bits per heavy atom. The molecule has 1 aromatic carbocycles. The maximum Gasteiger partial charge on any atom is 0.341 e. The van der Waals surface area contributed by atoms with Gasteiger partial charge in [0, 0.05) is 62.7 Å². The Morgan fingerprint density at radius 2 is 1.71 bits per heavy atom. The molecular weight excluding hydrogens is 541 g/mol. The van der Waals surface area contributed by atoms with Crippen molar-refractivity contribution in [1.82, 2.24) is 19.5 Å². The molecule has 0 atom stereocenters. The van der Waals surface area contributed by atoms with E-state index in [1.165, 1.54) is 6.20 Å². The topological polar surface area (TPSA) is 174 Å². The van der Waals surface area contributed by atoms with Crippen molar-refractivity contribution in [1.29, 1.82) is 0 Å². The fraction of sp³-hybridized carbons (Fsp3) is 0.370. The van der Waals surface area contributed by atoms with Crippen LogP contribution in [0.2, 0.25) is 0 Å². The number of carboxylic acid groups (broad SMARTS) is 1. The highest BCUT2D eigenvalue weighted by molar-refractivity contribution is 5.93. The molecule has 14 heteroatoms. The Kier molecular flexibility index (Phi) is 7.39. The predicted octanol–water partition coefficient (Wildman–Crippen LogP) is 1.02. The van der Waals surface area contributed by atoms with Gasteiger partial charge in [-0.25, -0.2) is 9.18 Å². The number of aromatic nitrogens is 2. The van der Waals surface area contributed by atoms with E-state index in [0.29, 0.717) is 23.3 Å². The lowest BCUT2D eigenvalue weighted by Gasteiger charge is -2.36. The van der Waals surface area contributed by atoms with E-state index in [2.05, 4.69) is 5.32 Å². The molecular formula is C27H28FN5O8. The van der Waals surface area contributed by atoms with Crippen LogP contribution in [0.25, 0.3) is 10.9 Å². The highest BCUT2D eigenvalue weighted by Crippen LogP contribution is 2.38. The highest BCUT2D eigenvalue weighted by atomic mass is 19.1. The van der Waals surface area contributed by atoms with E-state index in [0.717, 1.165) is 31.2 Å². The van der Waals surface area contributed by atoms with E-state index in [-0.39, 0.29) is 61.2 Å². The standard InChI is InChI=1S/C27H28FN5O8/c28-19-10-17-20(32(15-1-2-15)13-18(26(17)38)27(39)40)11-21(19)30-5-7-31(8-6-30)25(37)4-3-24(36)29-12-16-9-22(34)23(35)14-33(16)41/h9-11,13-15,35,41H,1-8,12H2,(H,29,36)(H,39,40). The minimum Gasteiger partial charge on any atom is -0.503 e. The van der Waals surface area contributed by atoms with Crippen LogP contribution in [-0.4, -0.2) is 73.6 Å². The van der Waals surface area contributed by atoms with Gasteiger partial charge in [0.2, 0.25) is 22.7 Å². The molecule has 3 aromatic rings. The molecule has 0 spiro atoms. The van der Waals surface area contributed by atoms with Crippen LogP contribution in [0, 0.1) is 5.82 Å². The minimum atomic E-state index is -1.36. The Balaban J connectivity index is 1.19. The number of carbonyl (C=O) groups excluding carboxylic acids is 2. The van der Waals surface area contributed by atoms with Gasteiger partial charge >= 0.3 is 5.97 Å². The van der Waals surface area contributed by atoms with Crippen molar-refractivity contribution >= 4 is 34.4 Å². The molecule has 1 saturated carbocycles. The van der Waals surface area contributed by atoms with Crippen LogP contribution in [0.15, 0.2) is 40.2 Å². The molecule has 0 bridgehead atoms. The maximum absolute atomic E-state index is 15.2. The fourth-order valence-electron chi connectivity index (χ4n) is 4.95. The van der Waals surface area contributed by atoms with Crippen LogP contribution in [0.1, 0.15) is 47.8 Å². The first-order chi connectivity index (χ1) is 19.5. The number of aromatic hydroxyl groups is 1. The zero-order valence-corrected chi connectivity index (χ0v) is 21.9. The molecule has 4 N–H and O–H groups in total. The van der Waals surface area contributed by atoms with E-state index in [9.17, 15) is 39.4 Å². The lowest BCUT2D eigenvalue weighted by atomic mass is 10.1. The van der Waals surface area contributed by atoms with Crippen molar-refractivity contribution in [3.63, 3.8) is 0 Å². The Bertz CT molecular complexity index is 1670. The number of nitrogens with one attached hydrogen (secondary N) is 1. The van der Waals surface area contributed by atoms with Gasteiger partial charge in [0.15, 0.2) is 5.75 Å². The summed E-state index contributed by atoms with van der Waals surface area (Å²) in [6.07, 6.45) is 3.62. The van der Waals surface area contributed by atoms with Gasteiger partial charge in [-0.1, -0.05) is 0 Å². The van der Waals surface area contributed by atoms with Crippen LogP contribution in [0.5, 0.6) is 5.75 Å². The number of aromatic carboxylic acids is 1. The molecule has 2 aliphatic rings. The van der Waals surface area contributed by atoms with Crippen LogP contribution < -0.4 is 21.1 Å². The van der Waals surface area contributed by atoms with Gasteiger partial charge in [-0.2, -0.15) is 4.73 Å². The molecule has 216 valence electrons. The van der Waals surface area contributed by atoms with E-state index in [1.54, 1.807) is 20.4 Å². The second-order valence-corrected chi connectivity index (χ2v) is 10.1. The Hall–Kier alpha value is -4.88. The average molecular weight is 570 g/mol. The summed E-state index contributed by atoms with van der Waals surface area (Å²) in [7, 11) is 0. The van der Waals surface area contributed by atoms with Crippen molar-refractivity contribution in [3.8, 4) is 5.75 Å². The first kappa shape index (κ1) is 27.7. The summed E-state index contributed by atoms with van der Waals surface area (Å²) < 4.78 is 17.4. The zero-order valence-electron chi connectivity index (χ0n) is 21.9. The quantitative estimate of drug-likeness (QED) is 0.289. The number of anilines is 1. The SMILES string of the molecule is O=C(CCC(=O)N1CCN(c2cc3c(cc2F)c(=O)c(C(=O)O)cn3C2CC2)CC1)NCc1cc(=O)c(O)cn1O. The lowest BCUT2D eigenvalue weighted by molar-refractivity contribution is -0.133. The predicted molar refractivity (Wildman–Crippen MR) is 143 cm³/mol. The first-order valence-corrected chi connectivity index (χ1v) is 13.1. The Morgan fingerprint density at radius 1 is 1.00 bits per heavy atom. The third kappa shape index (κ3) is 5.71. The molecule has 1 aliphatic carbocycles. The number of carboxylic acids is 1. The molecule has 1 aliphatic heterocycles. The second kappa shape index (κ2) is 10.9. The molecule has 2 aromatic heterocycles. The number of pyridine rings is 2. The number of carbonyl (C=O) groups is 3. The molecule has 2 amide bonds. The van der Waals surface area contributed by atoms with Gasteiger partial charge in [-0.3, -0.25) is 19.2 Å². The van der Waals surface area contributed by atoms with Crippen LogP contribution in [-0.2, 0) is 16.1 Å². The Labute approximate surface area is 231 Å². The molecule has 0 unspecified atom stereocenters. The molecule has 1 saturated heterocycles. The number of benzene rings is 1. The van der Waals surface area contributed by atoms with E-state index < -0.39 is 39.9 Å². The van der Waals surface area contributed by atoms with Gasteiger partial charge < -0.3 is 35.1 Å². The molecule has 3 heterocycles. The monoisotopic (exact) mass is 569 g/mol. The number of hydrogen-bond acceptors (Lipinski definition) is 8. The number of hydrogen-bond donors (Lipinski definition) is 4. The smallest absolute Gasteiger partial charge is 0.341 e. The molecule has 41 heavy (non-hydrogen) atoms. The fourth-order valence-corrected chi connectivity index (χ4v) is 4.95. The van der Waals surface area contributed by atoms with Gasteiger partial charge in [0.25, 0.3) is 0 Å². The summed E-state index contributed by atoms with van der Waals surface area (Å²) in [5.74, 6) is -3.38. The maximum atomic E-state index is 15.2. The van der Waals surface area contributed by atoms with Gasteiger partial charge in [-0.15, -0.1) is 0 Å². The van der Waals surface area contributed by atoms with Crippen molar-refractivity contribution in [2.24, 2.45) is 0 Å². The van der Waals surface area contributed by atoms with Gasteiger partial charge in [0.05, 0.1) is 29.6 Å². The minimum absolute atomic E-state index is 0.0119. The van der Waals surface area contributed by atoms with Gasteiger partial charge in [-0.05, 0) is 25.0 Å². The third-order valence-corrected chi connectivity index (χ3v) is 7.37. The summed E-state index contributed by atoms with van der Waals surface area (Å²) in [5.41, 5.74) is -1.05. The number of amides is 2. The molecule has 5 rings (SSSR count). The number of nitrogens with zero attached hydrogens (tertiary/aromatic N) is 4. The molecule has 13 nitrogen and oxygen atoms in total. The van der Waals surface area contributed by atoms with Crippen molar-refractivity contribution in [3.05, 3.63) is 68.1 Å². The lowest BCUT2D eigenvalue weighted by Crippen LogP contribution is -2.49. The third-order valence-electron chi connectivity index (χ3n) is 7.37. The summed E-state index contributed by atoms with van der Waals surface area (Å²) in [6.45, 7) is 1.03. The van der Waals surface area contributed by atoms with E-state index >= 15 is 4.39 Å². The summed E-state index contributed by atoms with van der Waals surface area (Å²) in [6, 6.07) is 3.69. The highest BCUT2D eigenvalue weighted by Gasteiger charge is 2.29. The van der Waals surface area contributed by atoms with E-state index in [4.69, 9.17) is 0 Å². The summed E-state index contributed by atoms with van der Waals surface area (Å²) in [5, 5.41) is 31.0. The summed E-state index contributed by atoms with van der Waals surface area (Å²) in [4.78, 5) is 64.0.